The Kier molecular flexibility index (Phi) is 3.32. The van der Waals surface area contributed by atoms with Crippen LogP contribution in [-0.2, 0) is 0 Å². The van der Waals surface area contributed by atoms with Crippen LogP contribution < -0.4 is 15.8 Å². The molecule has 0 fully saturated rings. The van der Waals surface area contributed by atoms with Gasteiger partial charge in [0.2, 0.25) is 5.65 Å². The van der Waals surface area contributed by atoms with E-state index in [-0.39, 0.29) is 0 Å². The van der Waals surface area contributed by atoms with Gasteiger partial charge in [-0.2, -0.15) is 0 Å². The first-order valence-electron chi connectivity index (χ1n) is 6.19. The first-order chi connectivity index (χ1) is 9.83. The van der Waals surface area contributed by atoms with Crippen LogP contribution >= 0.6 is 0 Å². The van der Waals surface area contributed by atoms with Gasteiger partial charge in [0.25, 0.3) is 0 Å². The fraction of sp³-hybridized carbons (Fsp3) is 0.154. The maximum atomic E-state index is 5.61. The van der Waals surface area contributed by atoms with Crippen molar-refractivity contribution in [3.8, 4) is 5.75 Å². The fourth-order valence-electron chi connectivity index (χ4n) is 1.79. The molecule has 7 heteroatoms. The van der Waals surface area contributed by atoms with Gasteiger partial charge in [-0.25, -0.2) is 4.98 Å². The normalized spacial score (nSPS) is 10.6. The molecule has 102 valence electrons. The minimum atomic E-state index is 0.515. The molecule has 0 radical (unpaired) electrons. The number of nitrogens with two attached hydrogens (primary N) is 1. The Labute approximate surface area is 115 Å². The summed E-state index contributed by atoms with van der Waals surface area (Å²) in [5, 5.41) is 11.0. The van der Waals surface area contributed by atoms with E-state index in [0.717, 1.165) is 11.4 Å². The van der Waals surface area contributed by atoms with E-state index >= 15 is 0 Å². The van der Waals surface area contributed by atoms with Crippen molar-refractivity contribution in [2.45, 2.75) is 0 Å². The molecular weight excluding hydrogens is 256 g/mol. The molecule has 1 aromatic carbocycles. The monoisotopic (exact) mass is 270 g/mol. The summed E-state index contributed by atoms with van der Waals surface area (Å²) in [5.41, 5.74) is 7.02. The second kappa shape index (κ2) is 5.43. The third-order valence-electron chi connectivity index (χ3n) is 2.76. The zero-order valence-corrected chi connectivity index (χ0v) is 10.7. The number of nitrogens with zero attached hydrogens (tertiary/aromatic N) is 4. The van der Waals surface area contributed by atoms with Crippen LogP contribution in [0.4, 0.5) is 11.5 Å². The van der Waals surface area contributed by atoms with E-state index in [1.165, 1.54) is 0 Å². The van der Waals surface area contributed by atoms with Crippen LogP contribution in [0.2, 0.25) is 0 Å². The Hall–Kier alpha value is -2.83. The van der Waals surface area contributed by atoms with Crippen LogP contribution in [0, 0.1) is 0 Å². The summed E-state index contributed by atoms with van der Waals surface area (Å²) in [6.07, 6.45) is 5.12. The molecule has 0 spiro atoms. The minimum Gasteiger partial charge on any atom is -0.492 e. The number of hydrogen-bond acceptors (Lipinski definition) is 6. The molecule has 0 saturated heterocycles. The zero-order chi connectivity index (χ0) is 13.8. The van der Waals surface area contributed by atoms with E-state index < -0.39 is 0 Å². The highest BCUT2D eigenvalue weighted by molar-refractivity contribution is 5.61. The number of hydrogen-bond donors (Lipinski definition) is 2. The molecule has 20 heavy (non-hydrogen) atoms. The summed E-state index contributed by atoms with van der Waals surface area (Å²) in [4.78, 5) is 4.23. The van der Waals surface area contributed by atoms with Gasteiger partial charge in [0, 0.05) is 18.1 Å². The highest BCUT2D eigenvalue weighted by Gasteiger charge is 2.03. The van der Waals surface area contributed by atoms with Crippen molar-refractivity contribution in [3.63, 3.8) is 0 Å². The van der Waals surface area contributed by atoms with Crippen LogP contribution in [0.5, 0.6) is 5.75 Å². The van der Waals surface area contributed by atoms with E-state index in [1.807, 2.05) is 12.1 Å². The molecule has 0 amide bonds. The molecule has 2 heterocycles. The Morgan fingerprint density at radius 3 is 2.95 bits per heavy atom. The highest BCUT2D eigenvalue weighted by Crippen LogP contribution is 2.13. The molecule has 0 unspecified atom stereocenters. The molecule has 0 aliphatic heterocycles. The number of fused-ring (bicyclic) bond motifs is 1. The summed E-state index contributed by atoms with van der Waals surface area (Å²) < 4.78 is 7.39. The van der Waals surface area contributed by atoms with Gasteiger partial charge in [0.1, 0.15) is 18.7 Å². The Balaban J connectivity index is 1.55. The quantitative estimate of drug-likeness (QED) is 0.535. The lowest BCUT2D eigenvalue weighted by molar-refractivity contribution is 0.333. The predicted molar refractivity (Wildman–Crippen MR) is 75.6 cm³/mol. The Bertz CT molecular complexity index is 693. The van der Waals surface area contributed by atoms with Gasteiger partial charge in [-0.3, -0.25) is 4.40 Å². The van der Waals surface area contributed by atoms with Crippen molar-refractivity contribution in [3.05, 3.63) is 43.0 Å². The lowest BCUT2D eigenvalue weighted by Crippen LogP contribution is -2.13. The lowest BCUT2D eigenvalue weighted by Gasteiger charge is -2.08. The van der Waals surface area contributed by atoms with E-state index in [0.29, 0.717) is 24.6 Å². The van der Waals surface area contributed by atoms with E-state index in [9.17, 15) is 0 Å². The summed E-state index contributed by atoms with van der Waals surface area (Å²) in [7, 11) is 0. The van der Waals surface area contributed by atoms with Gasteiger partial charge in [0.05, 0.1) is 6.54 Å². The topological polar surface area (TPSA) is 90.4 Å². The van der Waals surface area contributed by atoms with Gasteiger partial charge in [-0.1, -0.05) is 0 Å². The largest absolute Gasteiger partial charge is 0.492 e. The fourth-order valence-corrected chi connectivity index (χ4v) is 1.79. The maximum Gasteiger partial charge on any atom is 0.203 e. The third-order valence-corrected chi connectivity index (χ3v) is 2.76. The smallest absolute Gasteiger partial charge is 0.203 e. The number of rotatable bonds is 5. The van der Waals surface area contributed by atoms with E-state index in [4.69, 9.17) is 10.5 Å². The van der Waals surface area contributed by atoms with Crippen LogP contribution in [0.25, 0.3) is 5.65 Å². The van der Waals surface area contributed by atoms with Crippen molar-refractivity contribution >= 4 is 17.2 Å². The van der Waals surface area contributed by atoms with Crippen LogP contribution in [0.15, 0.2) is 43.0 Å². The molecule has 3 aromatic rings. The van der Waals surface area contributed by atoms with Crippen LogP contribution in [0.3, 0.4) is 0 Å². The van der Waals surface area contributed by atoms with Crippen molar-refractivity contribution in [1.82, 2.24) is 19.6 Å². The molecular formula is C13H14N6O. The SMILES string of the molecule is Nc1ccc(OCCNc2nccn3cnnc23)cc1. The average molecular weight is 270 g/mol. The molecule has 2 aromatic heterocycles. The molecule has 0 atom stereocenters. The summed E-state index contributed by atoms with van der Waals surface area (Å²) in [6.45, 7) is 1.13. The molecule has 0 aliphatic carbocycles. The zero-order valence-electron chi connectivity index (χ0n) is 10.7. The van der Waals surface area contributed by atoms with Crippen LogP contribution in [0.1, 0.15) is 0 Å². The molecule has 7 nitrogen and oxygen atoms in total. The molecule has 3 rings (SSSR count). The van der Waals surface area contributed by atoms with E-state index in [1.54, 1.807) is 35.3 Å². The number of anilines is 2. The van der Waals surface area contributed by atoms with Crippen molar-refractivity contribution in [2.75, 3.05) is 24.2 Å². The summed E-state index contributed by atoms with van der Waals surface area (Å²) in [6, 6.07) is 7.29. The van der Waals surface area contributed by atoms with Crippen LogP contribution in [-0.4, -0.2) is 32.7 Å². The van der Waals surface area contributed by atoms with Gasteiger partial charge in [-0.15, -0.1) is 10.2 Å². The first-order valence-corrected chi connectivity index (χ1v) is 6.19. The third kappa shape index (κ3) is 2.61. The number of nitrogens with one attached hydrogen (secondary N) is 1. The summed E-state index contributed by atoms with van der Waals surface area (Å²) >= 11 is 0. The first kappa shape index (κ1) is 12.2. The number of aromatic nitrogens is 4. The lowest BCUT2D eigenvalue weighted by atomic mass is 10.3. The molecule has 0 aliphatic rings. The standard InChI is InChI=1S/C13H14N6O/c14-10-1-3-11(4-2-10)20-8-6-16-12-13-18-17-9-19(13)7-5-15-12/h1-5,7,9H,6,8,14H2,(H,15,16). The number of benzene rings is 1. The van der Waals surface area contributed by atoms with E-state index in [2.05, 4.69) is 20.5 Å². The number of ether oxygens (including phenoxy) is 1. The highest BCUT2D eigenvalue weighted by atomic mass is 16.5. The van der Waals surface area contributed by atoms with Crippen molar-refractivity contribution < 1.29 is 4.74 Å². The molecule has 3 N–H and O–H groups in total. The van der Waals surface area contributed by atoms with Gasteiger partial charge in [-0.05, 0) is 24.3 Å². The van der Waals surface area contributed by atoms with Crippen molar-refractivity contribution in [1.29, 1.82) is 0 Å². The second-order valence-electron chi connectivity index (χ2n) is 4.18. The number of nitrogen functional groups attached to an aromatic ring is 1. The molecule has 0 bridgehead atoms. The average Bonchev–Trinajstić information content (AvgIpc) is 2.94. The molecule has 0 saturated carbocycles. The Morgan fingerprint density at radius 1 is 1.25 bits per heavy atom. The van der Waals surface area contributed by atoms with Gasteiger partial charge < -0.3 is 15.8 Å². The van der Waals surface area contributed by atoms with Gasteiger partial charge in [0.15, 0.2) is 5.82 Å². The van der Waals surface area contributed by atoms with Crippen molar-refractivity contribution in [2.24, 2.45) is 0 Å². The maximum absolute atomic E-state index is 5.61. The van der Waals surface area contributed by atoms with Gasteiger partial charge >= 0.3 is 0 Å². The summed E-state index contributed by atoms with van der Waals surface area (Å²) in [5.74, 6) is 1.47. The Morgan fingerprint density at radius 2 is 2.10 bits per heavy atom. The second-order valence-corrected chi connectivity index (χ2v) is 4.18. The predicted octanol–water partition coefficient (Wildman–Crippen LogP) is 1.20. The minimum absolute atomic E-state index is 0.515.